The molecule has 152 valence electrons. The van der Waals surface area contributed by atoms with Gasteiger partial charge in [0.15, 0.2) is 0 Å². The maximum absolute atomic E-state index is 4.88. The van der Waals surface area contributed by atoms with Gasteiger partial charge in [0.1, 0.15) is 11.3 Å². The van der Waals surface area contributed by atoms with Crippen LogP contribution in [-0.2, 0) is 0 Å². The molecule has 0 spiro atoms. The van der Waals surface area contributed by atoms with Crippen LogP contribution in [0.5, 0.6) is 0 Å². The van der Waals surface area contributed by atoms with Gasteiger partial charge in [-0.15, -0.1) is 0 Å². The Bertz CT molecular complexity index is 1500. The SMILES string of the molecule is c1ccc(-c2cc(-c3cccnc3)n(-c3ccc(-n4ccc5cccnc54)cc3)n2)nc1. The Morgan fingerprint density at radius 2 is 1.50 bits per heavy atom. The summed E-state index contributed by atoms with van der Waals surface area (Å²) in [6, 6.07) is 26.2. The van der Waals surface area contributed by atoms with Crippen molar-refractivity contribution in [3.8, 4) is 34.0 Å². The molecule has 0 bridgehead atoms. The number of hydrogen-bond acceptors (Lipinski definition) is 4. The molecule has 6 rings (SSSR count). The van der Waals surface area contributed by atoms with Crippen LogP contribution in [0.15, 0.2) is 110 Å². The highest BCUT2D eigenvalue weighted by molar-refractivity contribution is 5.78. The van der Waals surface area contributed by atoms with Gasteiger partial charge in [0.05, 0.1) is 17.1 Å². The Morgan fingerprint density at radius 3 is 2.31 bits per heavy atom. The fourth-order valence-electron chi connectivity index (χ4n) is 3.87. The summed E-state index contributed by atoms with van der Waals surface area (Å²) in [5, 5.41) is 5.99. The normalized spacial score (nSPS) is 11.1. The van der Waals surface area contributed by atoms with Crippen LogP contribution in [0.3, 0.4) is 0 Å². The molecule has 0 saturated heterocycles. The van der Waals surface area contributed by atoms with Gasteiger partial charge in [-0.2, -0.15) is 5.10 Å². The molecule has 0 aliphatic carbocycles. The standard InChI is InChI=1S/C26H18N6/c1-2-14-28-23(7-1)24-17-25(20-6-3-13-27-18-20)32(30-24)22-10-8-21(9-11-22)31-16-12-19-5-4-15-29-26(19)31/h1-18H. The number of pyridine rings is 3. The second kappa shape index (κ2) is 7.59. The van der Waals surface area contributed by atoms with E-state index >= 15 is 0 Å². The van der Waals surface area contributed by atoms with E-state index in [-0.39, 0.29) is 0 Å². The quantitative estimate of drug-likeness (QED) is 0.391. The van der Waals surface area contributed by atoms with Crippen molar-refractivity contribution in [3.63, 3.8) is 0 Å². The number of aromatic nitrogens is 6. The second-order valence-corrected chi connectivity index (χ2v) is 7.40. The molecule has 0 amide bonds. The molecule has 0 radical (unpaired) electrons. The second-order valence-electron chi connectivity index (χ2n) is 7.40. The van der Waals surface area contributed by atoms with Crippen molar-refractivity contribution >= 4 is 11.0 Å². The number of nitrogens with zero attached hydrogens (tertiary/aromatic N) is 6. The smallest absolute Gasteiger partial charge is 0.144 e. The van der Waals surface area contributed by atoms with Crippen LogP contribution in [-0.4, -0.2) is 29.3 Å². The maximum Gasteiger partial charge on any atom is 0.144 e. The number of hydrogen-bond donors (Lipinski definition) is 0. The van der Waals surface area contributed by atoms with E-state index in [1.807, 2.05) is 59.7 Å². The molecule has 6 nitrogen and oxygen atoms in total. The van der Waals surface area contributed by atoms with E-state index in [2.05, 4.69) is 62.0 Å². The Kier molecular flexibility index (Phi) is 4.32. The lowest BCUT2D eigenvalue weighted by Gasteiger charge is -2.09. The third kappa shape index (κ3) is 3.15. The average Bonchev–Trinajstić information content (AvgIpc) is 3.51. The summed E-state index contributed by atoms with van der Waals surface area (Å²) in [6.07, 6.45) is 9.26. The van der Waals surface area contributed by atoms with Gasteiger partial charge in [-0.05, 0) is 72.8 Å². The molecule has 1 aromatic carbocycles. The third-order valence-corrected chi connectivity index (χ3v) is 5.41. The number of rotatable bonds is 4. The molecule has 0 aliphatic heterocycles. The number of benzene rings is 1. The van der Waals surface area contributed by atoms with Crippen molar-refractivity contribution in [2.24, 2.45) is 0 Å². The molecule has 0 atom stereocenters. The molecule has 6 heteroatoms. The van der Waals surface area contributed by atoms with Gasteiger partial charge in [-0.1, -0.05) is 6.07 Å². The first-order valence-corrected chi connectivity index (χ1v) is 10.3. The lowest BCUT2D eigenvalue weighted by molar-refractivity contribution is 0.888. The lowest BCUT2D eigenvalue weighted by atomic mass is 10.1. The van der Waals surface area contributed by atoms with E-state index in [0.29, 0.717) is 0 Å². The fraction of sp³-hybridized carbons (Fsp3) is 0. The molecule has 32 heavy (non-hydrogen) atoms. The zero-order valence-corrected chi connectivity index (χ0v) is 17.1. The Hall–Kier alpha value is -4.58. The zero-order valence-electron chi connectivity index (χ0n) is 17.1. The van der Waals surface area contributed by atoms with Crippen molar-refractivity contribution < 1.29 is 0 Å². The van der Waals surface area contributed by atoms with Crippen LogP contribution in [0.1, 0.15) is 0 Å². The van der Waals surface area contributed by atoms with Gasteiger partial charge in [0, 0.05) is 47.6 Å². The van der Waals surface area contributed by atoms with Crippen LogP contribution in [0.2, 0.25) is 0 Å². The minimum absolute atomic E-state index is 0.814. The Morgan fingerprint density at radius 1 is 0.656 bits per heavy atom. The van der Waals surface area contributed by atoms with Gasteiger partial charge in [-0.3, -0.25) is 9.97 Å². The minimum Gasteiger partial charge on any atom is -0.301 e. The van der Waals surface area contributed by atoms with Crippen LogP contribution in [0.25, 0.3) is 45.1 Å². The molecule has 0 saturated carbocycles. The summed E-state index contributed by atoms with van der Waals surface area (Å²) in [6.45, 7) is 0. The van der Waals surface area contributed by atoms with Crippen LogP contribution in [0.4, 0.5) is 0 Å². The van der Waals surface area contributed by atoms with E-state index in [1.165, 1.54) is 0 Å². The van der Waals surface area contributed by atoms with Crippen molar-refractivity contribution in [1.82, 2.24) is 29.3 Å². The summed E-state index contributed by atoms with van der Waals surface area (Å²) < 4.78 is 4.03. The highest BCUT2D eigenvalue weighted by atomic mass is 15.3. The molecule has 0 N–H and O–H groups in total. The first-order valence-electron chi connectivity index (χ1n) is 10.3. The van der Waals surface area contributed by atoms with E-state index < -0.39 is 0 Å². The summed E-state index contributed by atoms with van der Waals surface area (Å²) in [7, 11) is 0. The molecular weight excluding hydrogens is 396 g/mol. The number of fused-ring (bicyclic) bond motifs is 1. The van der Waals surface area contributed by atoms with Crippen LogP contribution < -0.4 is 0 Å². The van der Waals surface area contributed by atoms with E-state index in [4.69, 9.17) is 5.10 Å². The predicted molar refractivity (Wildman–Crippen MR) is 125 cm³/mol. The van der Waals surface area contributed by atoms with Crippen LogP contribution >= 0.6 is 0 Å². The van der Waals surface area contributed by atoms with Crippen molar-refractivity contribution in [2.45, 2.75) is 0 Å². The molecule has 5 heterocycles. The minimum atomic E-state index is 0.814. The maximum atomic E-state index is 4.88. The molecule has 0 aliphatic rings. The third-order valence-electron chi connectivity index (χ3n) is 5.41. The van der Waals surface area contributed by atoms with Crippen molar-refractivity contribution in [1.29, 1.82) is 0 Å². The first kappa shape index (κ1) is 18.2. The van der Waals surface area contributed by atoms with E-state index in [0.717, 1.165) is 45.1 Å². The monoisotopic (exact) mass is 414 g/mol. The summed E-state index contributed by atoms with van der Waals surface area (Å²) in [5.41, 5.74) is 6.54. The molecule has 0 unspecified atom stereocenters. The zero-order chi connectivity index (χ0) is 21.3. The van der Waals surface area contributed by atoms with Gasteiger partial charge in [-0.25, -0.2) is 9.67 Å². The first-order chi connectivity index (χ1) is 15.9. The largest absolute Gasteiger partial charge is 0.301 e. The van der Waals surface area contributed by atoms with Crippen molar-refractivity contribution in [2.75, 3.05) is 0 Å². The van der Waals surface area contributed by atoms with Gasteiger partial charge >= 0.3 is 0 Å². The van der Waals surface area contributed by atoms with Crippen molar-refractivity contribution in [3.05, 3.63) is 110 Å². The predicted octanol–water partition coefficient (Wildman–Crippen LogP) is 5.34. The topological polar surface area (TPSA) is 61.4 Å². The van der Waals surface area contributed by atoms with Gasteiger partial charge in [0.25, 0.3) is 0 Å². The fourth-order valence-corrected chi connectivity index (χ4v) is 3.87. The van der Waals surface area contributed by atoms with E-state index in [9.17, 15) is 0 Å². The molecular formula is C26H18N6. The highest BCUT2D eigenvalue weighted by Crippen LogP contribution is 2.28. The molecule has 6 aromatic rings. The van der Waals surface area contributed by atoms with Gasteiger partial charge < -0.3 is 4.57 Å². The molecule has 5 aromatic heterocycles. The summed E-state index contributed by atoms with van der Waals surface area (Å²) in [4.78, 5) is 13.3. The summed E-state index contributed by atoms with van der Waals surface area (Å²) >= 11 is 0. The van der Waals surface area contributed by atoms with E-state index in [1.54, 1.807) is 12.4 Å². The van der Waals surface area contributed by atoms with Crippen LogP contribution in [0, 0.1) is 0 Å². The highest BCUT2D eigenvalue weighted by Gasteiger charge is 2.14. The summed E-state index contributed by atoms with van der Waals surface area (Å²) in [5.74, 6) is 0. The Balaban J connectivity index is 1.45. The molecule has 0 fully saturated rings. The van der Waals surface area contributed by atoms with Gasteiger partial charge in [0.2, 0.25) is 0 Å². The average molecular weight is 414 g/mol. The lowest BCUT2D eigenvalue weighted by Crippen LogP contribution is -2.01. The Labute approximate surface area is 184 Å².